The summed E-state index contributed by atoms with van der Waals surface area (Å²) in [7, 11) is 0. The quantitative estimate of drug-likeness (QED) is 0.853. The van der Waals surface area contributed by atoms with Crippen LogP contribution in [-0.4, -0.2) is 12.6 Å². The number of rotatable bonds is 4. The average molecular weight is 249 g/mol. The van der Waals surface area contributed by atoms with E-state index in [4.69, 9.17) is 0 Å². The molecule has 2 heteroatoms. The summed E-state index contributed by atoms with van der Waals surface area (Å²) in [6.07, 6.45) is 4.22. The van der Waals surface area contributed by atoms with Crippen molar-refractivity contribution in [2.24, 2.45) is 5.92 Å². The van der Waals surface area contributed by atoms with Gasteiger partial charge in [0.25, 0.3) is 0 Å². The monoisotopic (exact) mass is 249 g/mol. The number of thiophene rings is 1. The summed E-state index contributed by atoms with van der Waals surface area (Å²) < 4.78 is 0. The number of hydrogen-bond donors (Lipinski definition) is 1. The third kappa shape index (κ3) is 2.74. The van der Waals surface area contributed by atoms with Crippen molar-refractivity contribution in [3.8, 4) is 0 Å². The Kier molecular flexibility index (Phi) is 2.83. The summed E-state index contributed by atoms with van der Waals surface area (Å²) in [6.45, 7) is 8.17. The van der Waals surface area contributed by atoms with Crippen LogP contribution in [0.5, 0.6) is 0 Å². The molecule has 0 radical (unpaired) electrons. The van der Waals surface area contributed by atoms with E-state index in [0.29, 0.717) is 5.41 Å². The minimum atomic E-state index is 0.319. The highest BCUT2D eigenvalue weighted by Gasteiger charge is 2.40. The molecule has 1 heterocycles. The van der Waals surface area contributed by atoms with Crippen LogP contribution in [0.1, 0.15) is 55.7 Å². The van der Waals surface area contributed by atoms with Gasteiger partial charge in [-0.3, -0.25) is 0 Å². The van der Waals surface area contributed by atoms with Gasteiger partial charge < -0.3 is 5.32 Å². The van der Waals surface area contributed by atoms with Gasteiger partial charge in [-0.25, -0.2) is 0 Å². The fourth-order valence-corrected chi connectivity index (χ4v) is 3.65. The Bertz CT molecular complexity index is 397. The molecule has 2 fully saturated rings. The van der Waals surface area contributed by atoms with Crippen LogP contribution in [0.15, 0.2) is 12.1 Å². The van der Waals surface area contributed by atoms with Gasteiger partial charge in [0.05, 0.1) is 0 Å². The van der Waals surface area contributed by atoms with E-state index in [1.165, 1.54) is 30.7 Å². The molecule has 2 aliphatic rings. The van der Waals surface area contributed by atoms with Crippen molar-refractivity contribution in [3.05, 3.63) is 21.9 Å². The second-order valence-electron chi connectivity index (χ2n) is 6.74. The molecular formula is C15H23NS. The van der Waals surface area contributed by atoms with E-state index in [2.05, 4.69) is 38.2 Å². The van der Waals surface area contributed by atoms with Gasteiger partial charge in [0.15, 0.2) is 0 Å². The van der Waals surface area contributed by atoms with Gasteiger partial charge in [0.1, 0.15) is 0 Å². The molecule has 0 spiro atoms. The minimum Gasteiger partial charge on any atom is -0.314 e. The van der Waals surface area contributed by atoms with E-state index >= 15 is 0 Å². The van der Waals surface area contributed by atoms with E-state index in [-0.39, 0.29) is 0 Å². The van der Waals surface area contributed by atoms with Crippen LogP contribution in [0.25, 0.3) is 0 Å². The third-order valence-electron chi connectivity index (χ3n) is 3.90. The van der Waals surface area contributed by atoms with Crippen molar-refractivity contribution in [3.63, 3.8) is 0 Å². The maximum atomic E-state index is 3.66. The zero-order valence-electron chi connectivity index (χ0n) is 11.1. The van der Waals surface area contributed by atoms with Crippen LogP contribution in [-0.2, 0) is 5.41 Å². The Morgan fingerprint density at radius 2 is 2.06 bits per heavy atom. The Morgan fingerprint density at radius 3 is 2.65 bits per heavy atom. The Morgan fingerprint density at radius 1 is 1.29 bits per heavy atom. The Hall–Kier alpha value is -0.340. The zero-order valence-corrected chi connectivity index (χ0v) is 11.9. The first kappa shape index (κ1) is 11.7. The highest BCUT2D eigenvalue weighted by Crippen LogP contribution is 2.50. The standard InChI is InChI=1S/C15H23NS/c1-15(2,3)14-7-6-13(17-14)12-8-10(12)9-16-11-4-5-11/h6-7,10-12,16H,4-5,8-9H2,1-3H3. The van der Waals surface area contributed by atoms with Crippen LogP contribution in [0.3, 0.4) is 0 Å². The van der Waals surface area contributed by atoms with Crippen LogP contribution >= 0.6 is 11.3 Å². The van der Waals surface area contributed by atoms with Crippen LogP contribution in [0, 0.1) is 5.92 Å². The predicted octanol–water partition coefficient (Wildman–Crippen LogP) is 3.90. The van der Waals surface area contributed by atoms with Gasteiger partial charge in [0, 0.05) is 15.8 Å². The van der Waals surface area contributed by atoms with E-state index in [1.807, 2.05) is 11.3 Å². The van der Waals surface area contributed by atoms with E-state index in [9.17, 15) is 0 Å². The second kappa shape index (κ2) is 4.10. The lowest BCUT2D eigenvalue weighted by Crippen LogP contribution is -2.19. The van der Waals surface area contributed by atoms with Gasteiger partial charge in [-0.1, -0.05) is 20.8 Å². The van der Waals surface area contributed by atoms with Gasteiger partial charge in [0.2, 0.25) is 0 Å². The van der Waals surface area contributed by atoms with E-state index < -0.39 is 0 Å². The van der Waals surface area contributed by atoms with Crippen molar-refractivity contribution in [2.45, 2.75) is 57.4 Å². The first-order chi connectivity index (χ1) is 8.04. The van der Waals surface area contributed by atoms with Gasteiger partial charge >= 0.3 is 0 Å². The molecule has 94 valence electrons. The van der Waals surface area contributed by atoms with Gasteiger partial charge in [-0.05, 0) is 55.2 Å². The summed E-state index contributed by atoms with van der Waals surface area (Å²) >= 11 is 2.04. The molecule has 2 aliphatic carbocycles. The van der Waals surface area contributed by atoms with Crippen LogP contribution in [0.2, 0.25) is 0 Å². The summed E-state index contributed by atoms with van der Waals surface area (Å²) in [5, 5.41) is 3.66. The fourth-order valence-electron chi connectivity index (χ4n) is 2.38. The van der Waals surface area contributed by atoms with Crippen molar-refractivity contribution >= 4 is 11.3 Å². The lowest BCUT2D eigenvalue weighted by atomic mass is 9.95. The summed E-state index contributed by atoms with van der Waals surface area (Å²) in [5.41, 5.74) is 0.319. The lowest BCUT2D eigenvalue weighted by molar-refractivity contribution is 0.604. The van der Waals surface area contributed by atoms with Crippen molar-refractivity contribution in [2.75, 3.05) is 6.54 Å². The van der Waals surface area contributed by atoms with E-state index in [1.54, 1.807) is 4.88 Å². The zero-order chi connectivity index (χ0) is 12.0. The average Bonchev–Trinajstić information content (AvgIpc) is 3.14. The first-order valence-electron chi connectivity index (χ1n) is 6.87. The predicted molar refractivity (Wildman–Crippen MR) is 74.9 cm³/mol. The maximum absolute atomic E-state index is 3.66. The van der Waals surface area contributed by atoms with E-state index in [0.717, 1.165) is 17.9 Å². The smallest absolute Gasteiger partial charge is 0.0102 e. The SMILES string of the molecule is CC(C)(C)c1ccc(C2CC2CNC2CC2)s1. The Labute approximate surface area is 109 Å². The molecule has 1 aromatic heterocycles. The van der Waals surface area contributed by atoms with Crippen molar-refractivity contribution in [1.29, 1.82) is 0 Å². The molecule has 0 bridgehead atoms. The molecule has 0 aliphatic heterocycles. The summed E-state index contributed by atoms with van der Waals surface area (Å²) in [4.78, 5) is 3.16. The van der Waals surface area contributed by atoms with Gasteiger partial charge in [-0.15, -0.1) is 11.3 Å². The molecule has 1 aromatic rings. The molecule has 2 saturated carbocycles. The van der Waals surface area contributed by atoms with Crippen LogP contribution < -0.4 is 5.32 Å². The molecule has 17 heavy (non-hydrogen) atoms. The fraction of sp³-hybridized carbons (Fsp3) is 0.733. The molecular weight excluding hydrogens is 226 g/mol. The molecule has 1 N–H and O–H groups in total. The first-order valence-corrected chi connectivity index (χ1v) is 7.69. The molecule has 2 unspecified atom stereocenters. The third-order valence-corrected chi connectivity index (χ3v) is 5.54. The minimum absolute atomic E-state index is 0.319. The summed E-state index contributed by atoms with van der Waals surface area (Å²) in [6, 6.07) is 5.57. The molecule has 1 nitrogen and oxygen atoms in total. The highest BCUT2D eigenvalue weighted by molar-refractivity contribution is 7.12. The Balaban J connectivity index is 1.56. The molecule has 3 rings (SSSR count). The molecule has 0 aromatic carbocycles. The molecule has 0 saturated heterocycles. The number of hydrogen-bond acceptors (Lipinski definition) is 2. The molecule has 2 atom stereocenters. The lowest BCUT2D eigenvalue weighted by Gasteiger charge is -2.15. The van der Waals surface area contributed by atoms with Crippen LogP contribution in [0.4, 0.5) is 0 Å². The van der Waals surface area contributed by atoms with Crippen molar-refractivity contribution < 1.29 is 0 Å². The normalized spacial score (nSPS) is 28.4. The van der Waals surface area contributed by atoms with Gasteiger partial charge in [-0.2, -0.15) is 0 Å². The second-order valence-corrected chi connectivity index (χ2v) is 7.85. The maximum Gasteiger partial charge on any atom is 0.0102 e. The number of nitrogens with one attached hydrogen (secondary N) is 1. The summed E-state index contributed by atoms with van der Waals surface area (Å²) in [5.74, 6) is 1.78. The van der Waals surface area contributed by atoms with Crippen molar-refractivity contribution in [1.82, 2.24) is 5.32 Å². The molecule has 0 amide bonds. The highest BCUT2D eigenvalue weighted by atomic mass is 32.1. The largest absolute Gasteiger partial charge is 0.314 e. The topological polar surface area (TPSA) is 12.0 Å².